The van der Waals surface area contributed by atoms with Crippen LogP contribution in [0.15, 0.2) is 56.9 Å². The third-order valence-corrected chi connectivity index (χ3v) is 6.55. The van der Waals surface area contributed by atoms with E-state index >= 15 is 0 Å². The van der Waals surface area contributed by atoms with Gasteiger partial charge in [0.2, 0.25) is 5.88 Å². The Morgan fingerprint density at radius 1 is 1.31 bits per heavy atom. The molecule has 0 unspecified atom stereocenters. The first-order valence-corrected chi connectivity index (χ1v) is 11.5. The molecule has 0 aromatic rings. The predicted octanol–water partition coefficient (Wildman–Crippen LogP) is 2.93. The third kappa shape index (κ3) is 6.26. The van der Waals surface area contributed by atoms with Gasteiger partial charge in [-0.2, -0.15) is 4.99 Å². The topological polar surface area (TPSA) is 83.5 Å². The number of nitrogens with zero attached hydrogens (tertiary/aromatic N) is 4. The number of carbonyl (C=O) groups excluding carboxylic acids is 1. The number of carbonyl (C=O) groups is 1. The number of hydrogen-bond acceptors (Lipinski definition) is 5. The fraction of sp³-hybridized carbons (Fsp3) is 0.560. The molecule has 2 aliphatic carbocycles. The van der Waals surface area contributed by atoms with Gasteiger partial charge in [0.05, 0.1) is 7.11 Å². The van der Waals surface area contributed by atoms with Gasteiger partial charge in [0.1, 0.15) is 5.84 Å². The smallest absolute Gasteiger partial charge is 0.251 e. The minimum atomic E-state index is -0.0980. The number of methoxy groups -OCH3 is 1. The summed E-state index contributed by atoms with van der Waals surface area (Å²) in [6, 6.07) is 0. The highest BCUT2D eigenvalue weighted by molar-refractivity contribution is 6.02. The second kappa shape index (κ2) is 10.9. The highest BCUT2D eigenvalue weighted by atomic mass is 16.5. The number of aliphatic imine (C=N–C) groups is 2. The Hall–Kier alpha value is -2.51. The van der Waals surface area contributed by atoms with Crippen LogP contribution in [0.2, 0.25) is 0 Å². The van der Waals surface area contributed by atoms with Crippen molar-refractivity contribution in [1.29, 1.82) is 0 Å². The maximum atomic E-state index is 12.6. The summed E-state index contributed by atoms with van der Waals surface area (Å²) in [4.78, 5) is 25.9. The van der Waals surface area contributed by atoms with Crippen molar-refractivity contribution in [1.82, 2.24) is 9.80 Å². The standard InChI is InChI=1S/C25H37N5O2/c1-6-27-25(32-5)18(3)19-8-7-17(2)20(13-19)15-23(26)28-24(31)22-14-21(22)16-30-11-9-29(4)10-12-30/h6,13,15,21-22H,2,7-12,14,16H2,1,3-5H3,(H2,26,28,31)/b20-15-,25-18-,27-6-/t21-,22+/m1/s1. The van der Waals surface area contributed by atoms with Crippen molar-refractivity contribution in [3.8, 4) is 0 Å². The largest absolute Gasteiger partial charge is 0.481 e. The summed E-state index contributed by atoms with van der Waals surface area (Å²) >= 11 is 0. The SMILES string of the molecule is C=C1CCC(C(/C)=C(/N=C\C)OC)=C/C1=C/C(N)=NC(=O)[C@H]1C[C@@H]1CN1CCN(C)CC1. The van der Waals surface area contributed by atoms with Crippen LogP contribution < -0.4 is 5.73 Å². The zero-order chi connectivity index (χ0) is 23.3. The Morgan fingerprint density at radius 3 is 2.69 bits per heavy atom. The van der Waals surface area contributed by atoms with Crippen LogP contribution in [0.5, 0.6) is 0 Å². The van der Waals surface area contributed by atoms with Gasteiger partial charge in [0.15, 0.2) is 0 Å². The van der Waals surface area contributed by atoms with Crippen LogP contribution in [0.1, 0.15) is 33.1 Å². The number of piperazine rings is 1. The number of amidine groups is 1. The molecule has 0 spiro atoms. The molecule has 2 atom stereocenters. The number of allylic oxidation sites excluding steroid dienone is 5. The summed E-state index contributed by atoms with van der Waals surface area (Å²) in [6.45, 7) is 13.3. The second-order valence-corrected chi connectivity index (χ2v) is 8.98. The van der Waals surface area contributed by atoms with E-state index in [-0.39, 0.29) is 17.7 Å². The fourth-order valence-corrected chi connectivity index (χ4v) is 4.30. The molecule has 0 aromatic heterocycles. The molecule has 32 heavy (non-hydrogen) atoms. The van der Waals surface area contributed by atoms with Crippen LogP contribution in [-0.4, -0.2) is 74.6 Å². The van der Waals surface area contributed by atoms with Gasteiger partial charge in [-0.05, 0) is 68.9 Å². The van der Waals surface area contributed by atoms with Crippen molar-refractivity contribution in [2.45, 2.75) is 33.1 Å². The molecular formula is C25H37N5O2. The van der Waals surface area contributed by atoms with Crippen LogP contribution in [0.25, 0.3) is 0 Å². The van der Waals surface area contributed by atoms with E-state index in [2.05, 4.69) is 33.4 Å². The Morgan fingerprint density at radius 2 is 2.03 bits per heavy atom. The van der Waals surface area contributed by atoms with Crippen LogP contribution in [0, 0.1) is 11.8 Å². The average molecular weight is 440 g/mol. The monoisotopic (exact) mass is 439 g/mol. The number of hydrogen-bond donors (Lipinski definition) is 1. The summed E-state index contributed by atoms with van der Waals surface area (Å²) in [5.41, 5.74) is 10.1. The van der Waals surface area contributed by atoms with Crippen molar-refractivity contribution in [3.05, 3.63) is 46.9 Å². The van der Waals surface area contributed by atoms with Gasteiger partial charge < -0.3 is 20.3 Å². The van der Waals surface area contributed by atoms with Crippen LogP contribution in [0.3, 0.4) is 0 Å². The second-order valence-electron chi connectivity index (χ2n) is 8.98. The highest BCUT2D eigenvalue weighted by Gasteiger charge is 2.43. The van der Waals surface area contributed by atoms with Crippen molar-refractivity contribution >= 4 is 18.0 Å². The predicted molar refractivity (Wildman–Crippen MR) is 131 cm³/mol. The van der Waals surface area contributed by atoms with E-state index in [0.717, 1.165) is 74.3 Å². The zero-order valence-corrected chi connectivity index (χ0v) is 19.9. The molecular weight excluding hydrogens is 402 g/mol. The lowest BCUT2D eigenvalue weighted by Gasteiger charge is -2.32. The van der Waals surface area contributed by atoms with Crippen molar-refractivity contribution in [2.24, 2.45) is 27.6 Å². The number of rotatable bonds is 7. The highest BCUT2D eigenvalue weighted by Crippen LogP contribution is 2.40. The van der Waals surface area contributed by atoms with Crippen molar-refractivity contribution in [3.63, 3.8) is 0 Å². The quantitative estimate of drug-likeness (QED) is 0.375. The Balaban J connectivity index is 1.65. The summed E-state index contributed by atoms with van der Waals surface area (Å²) < 4.78 is 5.40. The first kappa shape index (κ1) is 24.1. The Bertz CT molecular complexity index is 888. The van der Waals surface area contributed by atoms with E-state index in [1.54, 1.807) is 19.4 Å². The van der Waals surface area contributed by atoms with Crippen molar-refractivity contribution in [2.75, 3.05) is 46.9 Å². The maximum absolute atomic E-state index is 12.6. The molecule has 1 aliphatic heterocycles. The lowest BCUT2D eigenvalue weighted by molar-refractivity contribution is -0.119. The Kier molecular flexibility index (Phi) is 8.21. The summed E-state index contributed by atoms with van der Waals surface area (Å²) in [5.74, 6) is 1.16. The van der Waals surface area contributed by atoms with Gasteiger partial charge in [-0.15, -0.1) is 0 Å². The normalized spacial score (nSPS) is 27.5. The number of ether oxygens (including phenoxy) is 1. The molecule has 3 rings (SSSR count). The van der Waals surface area contributed by atoms with Crippen LogP contribution in [0.4, 0.5) is 0 Å². The first-order valence-electron chi connectivity index (χ1n) is 11.5. The van der Waals surface area contributed by atoms with E-state index in [9.17, 15) is 4.79 Å². The number of amides is 1. The molecule has 2 fully saturated rings. The maximum Gasteiger partial charge on any atom is 0.251 e. The molecule has 1 heterocycles. The van der Waals surface area contributed by atoms with E-state index in [1.807, 2.05) is 19.9 Å². The number of likely N-dealkylation sites (N-methyl/N-ethyl adjacent to an activating group) is 1. The van der Waals surface area contributed by atoms with Gasteiger partial charge in [-0.25, -0.2) is 4.99 Å². The van der Waals surface area contributed by atoms with E-state index in [0.29, 0.717) is 11.8 Å². The molecule has 1 saturated carbocycles. The van der Waals surface area contributed by atoms with Gasteiger partial charge in [0.25, 0.3) is 5.91 Å². The van der Waals surface area contributed by atoms with E-state index in [1.165, 1.54) is 0 Å². The fourth-order valence-electron chi connectivity index (χ4n) is 4.30. The van der Waals surface area contributed by atoms with E-state index in [4.69, 9.17) is 10.5 Å². The molecule has 7 heteroatoms. The molecule has 1 saturated heterocycles. The summed E-state index contributed by atoms with van der Waals surface area (Å²) in [5, 5.41) is 0. The molecule has 7 nitrogen and oxygen atoms in total. The lowest BCUT2D eigenvalue weighted by Crippen LogP contribution is -2.45. The average Bonchev–Trinajstić information content (AvgIpc) is 3.54. The first-order chi connectivity index (χ1) is 15.3. The van der Waals surface area contributed by atoms with Crippen LogP contribution in [-0.2, 0) is 9.53 Å². The zero-order valence-electron chi connectivity index (χ0n) is 19.9. The van der Waals surface area contributed by atoms with Crippen LogP contribution >= 0.6 is 0 Å². The molecule has 2 N–H and O–H groups in total. The summed E-state index contributed by atoms with van der Waals surface area (Å²) in [6.07, 6.45) is 8.12. The van der Waals surface area contributed by atoms with Gasteiger partial charge in [-0.3, -0.25) is 4.79 Å². The molecule has 0 radical (unpaired) electrons. The molecule has 0 aromatic carbocycles. The Labute approximate surface area is 192 Å². The molecule has 0 bridgehead atoms. The minimum Gasteiger partial charge on any atom is -0.481 e. The molecule has 3 aliphatic rings. The van der Waals surface area contributed by atoms with E-state index < -0.39 is 0 Å². The minimum absolute atomic E-state index is 0.00797. The van der Waals surface area contributed by atoms with Crippen molar-refractivity contribution < 1.29 is 9.53 Å². The third-order valence-electron chi connectivity index (χ3n) is 6.55. The number of nitrogens with two attached hydrogens (primary N) is 1. The summed E-state index contributed by atoms with van der Waals surface area (Å²) in [7, 11) is 3.77. The van der Waals surface area contributed by atoms with Gasteiger partial charge in [0, 0.05) is 50.4 Å². The molecule has 1 amide bonds. The molecule has 174 valence electrons. The van der Waals surface area contributed by atoms with Gasteiger partial charge >= 0.3 is 0 Å². The lowest BCUT2D eigenvalue weighted by atomic mass is 9.88. The van der Waals surface area contributed by atoms with Gasteiger partial charge in [-0.1, -0.05) is 12.7 Å².